The monoisotopic (exact) mass is 422 g/mol. The maximum absolute atomic E-state index is 12.9. The van der Waals surface area contributed by atoms with Gasteiger partial charge < -0.3 is 14.5 Å². The van der Waals surface area contributed by atoms with Gasteiger partial charge >= 0.3 is 0 Å². The van der Waals surface area contributed by atoms with Gasteiger partial charge in [-0.2, -0.15) is 0 Å². The Hall–Kier alpha value is -3.12. The maximum Gasteiger partial charge on any atom is 0.254 e. The van der Waals surface area contributed by atoms with E-state index in [9.17, 15) is 4.79 Å². The first-order chi connectivity index (χ1) is 14.5. The fourth-order valence-electron chi connectivity index (χ4n) is 3.58. The number of anilines is 1. The quantitative estimate of drug-likeness (QED) is 0.615. The smallest absolute Gasteiger partial charge is 0.254 e. The first kappa shape index (κ1) is 20.2. The summed E-state index contributed by atoms with van der Waals surface area (Å²) in [4.78, 5) is 25.6. The van der Waals surface area contributed by atoms with E-state index >= 15 is 0 Å². The van der Waals surface area contributed by atoms with Crippen LogP contribution in [-0.4, -0.2) is 46.5 Å². The number of carbonyl (C=O) groups is 1. The van der Waals surface area contributed by atoms with Crippen molar-refractivity contribution in [1.82, 2.24) is 14.9 Å². The Morgan fingerprint density at radius 1 is 1.10 bits per heavy atom. The number of aromatic nitrogens is 2. The molecule has 1 fully saturated rings. The van der Waals surface area contributed by atoms with E-state index < -0.39 is 0 Å². The molecule has 4 rings (SSSR count). The van der Waals surface area contributed by atoms with Crippen LogP contribution in [0.3, 0.4) is 0 Å². The third-order valence-corrected chi connectivity index (χ3v) is 5.40. The Morgan fingerprint density at radius 2 is 1.90 bits per heavy atom. The van der Waals surface area contributed by atoms with E-state index in [1.807, 2.05) is 49.1 Å². The molecule has 0 saturated carbocycles. The van der Waals surface area contributed by atoms with E-state index in [1.165, 1.54) is 6.33 Å². The highest BCUT2D eigenvalue weighted by Crippen LogP contribution is 2.25. The molecule has 1 aliphatic heterocycles. The highest BCUT2D eigenvalue weighted by atomic mass is 35.5. The minimum atomic E-state index is 0.0185. The lowest BCUT2D eigenvalue weighted by molar-refractivity contribution is 0.0673. The van der Waals surface area contributed by atoms with Crippen molar-refractivity contribution in [3.05, 3.63) is 77.1 Å². The molecule has 0 spiro atoms. The zero-order chi connectivity index (χ0) is 21.1. The van der Waals surface area contributed by atoms with Crippen LogP contribution in [0.15, 0.2) is 60.9 Å². The zero-order valence-electron chi connectivity index (χ0n) is 17.0. The fraction of sp³-hybridized carbons (Fsp3) is 0.261. The second kappa shape index (κ2) is 8.71. The predicted octanol–water partition coefficient (Wildman–Crippen LogP) is 4.58. The Balaban J connectivity index is 1.44. The largest absolute Gasteiger partial charge is 0.439 e. The Labute approximate surface area is 181 Å². The van der Waals surface area contributed by atoms with Crippen LogP contribution in [0.1, 0.15) is 22.8 Å². The molecule has 6 nitrogen and oxygen atoms in total. The number of carbonyl (C=O) groups excluding carboxylic acids is 1. The molecule has 0 bridgehead atoms. The van der Waals surface area contributed by atoms with Gasteiger partial charge in [0.05, 0.1) is 0 Å². The molecule has 1 atom stereocenters. The SMILES string of the molecule is Cc1cccc(Oc2cc(N3CCN(C(=O)c4ccc(Cl)cc4)C(C)C3)ncn2)c1. The summed E-state index contributed by atoms with van der Waals surface area (Å²) >= 11 is 5.94. The third kappa shape index (κ3) is 4.54. The van der Waals surface area contributed by atoms with Gasteiger partial charge in [0.2, 0.25) is 5.88 Å². The van der Waals surface area contributed by atoms with Gasteiger partial charge in [0, 0.05) is 42.3 Å². The van der Waals surface area contributed by atoms with Crippen LogP contribution in [0.25, 0.3) is 0 Å². The second-order valence-electron chi connectivity index (χ2n) is 7.43. The highest BCUT2D eigenvalue weighted by Gasteiger charge is 2.29. The summed E-state index contributed by atoms with van der Waals surface area (Å²) in [5.74, 6) is 2.05. The lowest BCUT2D eigenvalue weighted by atomic mass is 10.1. The Morgan fingerprint density at radius 3 is 2.63 bits per heavy atom. The molecular formula is C23H23ClN4O2. The molecule has 30 heavy (non-hydrogen) atoms. The summed E-state index contributed by atoms with van der Waals surface area (Å²) in [6.07, 6.45) is 1.51. The number of hydrogen-bond donors (Lipinski definition) is 0. The van der Waals surface area contributed by atoms with Crippen molar-refractivity contribution in [2.75, 3.05) is 24.5 Å². The number of aryl methyl sites for hydroxylation is 1. The summed E-state index contributed by atoms with van der Waals surface area (Å²) < 4.78 is 5.89. The topological polar surface area (TPSA) is 58.6 Å². The van der Waals surface area contributed by atoms with E-state index in [2.05, 4.69) is 14.9 Å². The number of halogens is 1. The van der Waals surface area contributed by atoms with Crippen molar-refractivity contribution in [2.24, 2.45) is 0 Å². The molecule has 0 aliphatic carbocycles. The van der Waals surface area contributed by atoms with Gasteiger partial charge in [0.25, 0.3) is 5.91 Å². The average Bonchev–Trinajstić information content (AvgIpc) is 2.74. The van der Waals surface area contributed by atoms with Gasteiger partial charge in [0.1, 0.15) is 17.9 Å². The van der Waals surface area contributed by atoms with E-state index in [0.29, 0.717) is 36.1 Å². The number of nitrogens with zero attached hydrogens (tertiary/aromatic N) is 4. The van der Waals surface area contributed by atoms with Gasteiger partial charge in [0.15, 0.2) is 0 Å². The first-order valence-corrected chi connectivity index (χ1v) is 10.3. The maximum atomic E-state index is 12.9. The predicted molar refractivity (Wildman–Crippen MR) is 117 cm³/mol. The summed E-state index contributed by atoms with van der Waals surface area (Å²) in [6.45, 7) is 6.04. The average molecular weight is 423 g/mol. The number of ether oxygens (including phenoxy) is 1. The third-order valence-electron chi connectivity index (χ3n) is 5.14. The fourth-order valence-corrected chi connectivity index (χ4v) is 3.71. The van der Waals surface area contributed by atoms with Crippen LogP contribution in [0.4, 0.5) is 5.82 Å². The van der Waals surface area contributed by atoms with Gasteiger partial charge in [-0.05, 0) is 55.8 Å². The van der Waals surface area contributed by atoms with Crippen molar-refractivity contribution in [3.63, 3.8) is 0 Å². The minimum Gasteiger partial charge on any atom is -0.439 e. The van der Waals surface area contributed by atoms with Crippen molar-refractivity contribution in [2.45, 2.75) is 19.9 Å². The number of benzene rings is 2. The van der Waals surface area contributed by atoms with E-state index in [4.69, 9.17) is 16.3 Å². The van der Waals surface area contributed by atoms with E-state index in [1.54, 1.807) is 24.3 Å². The normalized spacial score (nSPS) is 16.4. The molecule has 1 aromatic heterocycles. The first-order valence-electron chi connectivity index (χ1n) is 9.87. The van der Waals surface area contributed by atoms with Crippen LogP contribution in [0, 0.1) is 6.92 Å². The molecule has 1 aliphatic rings. The summed E-state index contributed by atoms with van der Waals surface area (Å²) in [7, 11) is 0. The van der Waals surface area contributed by atoms with E-state index in [0.717, 1.165) is 17.1 Å². The highest BCUT2D eigenvalue weighted by molar-refractivity contribution is 6.30. The molecule has 2 heterocycles. The van der Waals surface area contributed by atoms with Crippen molar-refractivity contribution >= 4 is 23.3 Å². The van der Waals surface area contributed by atoms with Gasteiger partial charge in [-0.15, -0.1) is 0 Å². The van der Waals surface area contributed by atoms with Gasteiger partial charge in [-0.3, -0.25) is 4.79 Å². The van der Waals surface area contributed by atoms with E-state index in [-0.39, 0.29) is 11.9 Å². The van der Waals surface area contributed by atoms with Crippen LogP contribution in [0.5, 0.6) is 11.6 Å². The molecule has 3 aromatic rings. The summed E-state index contributed by atoms with van der Waals surface area (Å²) in [5.41, 5.74) is 1.77. The molecule has 0 radical (unpaired) electrons. The zero-order valence-corrected chi connectivity index (χ0v) is 17.7. The Bertz CT molecular complexity index is 1040. The minimum absolute atomic E-state index is 0.0185. The molecule has 0 N–H and O–H groups in total. The number of piperazine rings is 1. The van der Waals surface area contributed by atoms with Gasteiger partial charge in [-0.25, -0.2) is 9.97 Å². The molecule has 7 heteroatoms. The molecule has 1 amide bonds. The molecule has 154 valence electrons. The van der Waals surface area contributed by atoms with Crippen LogP contribution < -0.4 is 9.64 Å². The van der Waals surface area contributed by atoms with Crippen LogP contribution >= 0.6 is 11.6 Å². The molecule has 2 aromatic carbocycles. The summed E-state index contributed by atoms with van der Waals surface area (Å²) in [6, 6.07) is 16.7. The summed E-state index contributed by atoms with van der Waals surface area (Å²) in [5, 5.41) is 0.622. The van der Waals surface area contributed by atoms with Crippen molar-refractivity contribution in [3.8, 4) is 11.6 Å². The standard InChI is InChI=1S/C23H23ClN4O2/c1-16-4-3-5-20(12-16)30-22-13-21(25-15-26-22)27-10-11-28(17(2)14-27)23(29)18-6-8-19(24)9-7-18/h3-9,12-13,15,17H,10-11,14H2,1-2H3. The Kier molecular flexibility index (Phi) is 5.86. The van der Waals surface area contributed by atoms with Crippen LogP contribution in [-0.2, 0) is 0 Å². The number of amides is 1. The van der Waals surface area contributed by atoms with Crippen molar-refractivity contribution < 1.29 is 9.53 Å². The van der Waals surface area contributed by atoms with Gasteiger partial charge in [-0.1, -0.05) is 23.7 Å². The molecular weight excluding hydrogens is 400 g/mol. The van der Waals surface area contributed by atoms with Crippen LogP contribution in [0.2, 0.25) is 5.02 Å². The second-order valence-corrected chi connectivity index (χ2v) is 7.87. The number of hydrogen-bond acceptors (Lipinski definition) is 5. The number of rotatable bonds is 4. The lowest BCUT2D eigenvalue weighted by Crippen LogP contribution is -2.54. The van der Waals surface area contributed by atoms with Crippen molar-refractivity contribution in [1.29, 1.82) is 0 Å². The molecule has 1 saturated heterocycles. The molecule has 1 unspecified atom stereocenters. The lowest BCUT2D eigenvalue weighted by Gasteiger charge is -2.40.